The predicted molar refractivity (Wildman–Crippen MR) is 100 cm³/mol. The van der Waals surface area contributed by atoms with Crippen molar-refractivity contribution >= 4 is 44.6 Å². The van der Waals surface area contributed by atoms with Gasteiger partial charge < -0.3 is 14.8 Å². The quantitative estimate of drug-likeness (QED) is 0.472. The van der Waals surface area contributed by atoms with Crippen LogP contribution in [0.15, 0.2) is 28.7 Å². The second-order valence-electron chi connectivity index (χ2n) is 6.32. The van der Waals surface area contributed by atoms with Gasteiger partial charge >= 0.3 is 6.09 Å². The average Bonchev–Trinajstić information content (AvgIpc) is 2.42. The summed E-state index contributed by atoms with van der Waals surface area (Å²) in [5.41, 5.74) is 0.128. The van der Waals surface area contributed by atoms with Crippen LogP contribution in [0.1, 0.15) is 33.3 Å². The van der Waals surface area contributed by atoms with Gasteiger partial charge in [-0.1, -0.05) is 56.7 Å². The third-order valence-corrected chi connectivity index (χ3v) is 5.21. The number of hydrogen-bond acceptors (Lipinski definition) is 3. The van der Waals surface area contributed by atoms with Crippen molar-refractivity contribution < 1.29 is 14.3 Å². The number of alkyl halides is 1. The summed E-state index contributed by atoms with van der Waals surface area (Å²) in [6, 6.07) is 7.94. The summed E-state index contributed by atoms with van der Waals surface area (Å²) in [7, 11) is 0. The number of amides is 1. The second kappa shape index (κ2) is 8.49. The van der Waals surface area contributed by atoms with Crippen LogP contribution in [-0.4, -0.2) is 28.3 Å². The molecule has 1 rings (SSSR count). The van der Waals surface area contributed by atoms with Gasteiger partial charge in [-0.25, -0.2) is 4.79 Å². The molecule has 0 aliphatic rings. The topological polar surface area (TPSA) is 47.6 Å². The molecular weight excluding hydrogens is 461 g/mol. The Hall–Kier alpha value is -0.340. The van der Waals surface area contributed by atoms with Gasteiger partial charge in [-0.2, -0.15) is 0 Å². The third-order valence-electron chi connectivity index (χ3n) is 2.82. The molecule has 1 N–H and O–H groups in total. The number of carbonyl (C=O) groups excluding carboxylic acids is 1. The molecule has 22 heavy (non-hydrogen) atoms. The molecule has 0 saturated carbocycles. The van der Waals surface area contributed by atoms with Crippen molar-refractivity contribution in [1.29, 1.82) is 0 Å². The highest BCUT2D eigenvalue weighted by Crippen LogP contribution is 2.21. The van der Waals surface area contributed by atoms with Crippen LogP contribution in [0.4, 0.5) is 4.79 Å². The summed E-state index contributed by atoms with van der Waals surface area (Å²) < 4.78 is 13.0. The Morgan fingerprint density at radius 1 is 1.27 bits per heavy atom. The van der Waals surface area contributed by atoms with Crippen molar-refractivity contribution in [3.05, 3.63) is 34.3 Å². The van der Waals surface area contributed by atoms with E-state index in [1.807, 2.05) is 52.0 Å². The number of carbonyl (C=O) groups is 1. The molecule has 0 aliphatic heterocycles. The molecule has 0 saturated heterocycles. The molecule has 1 aromatic rings. The van der Waals surface area contributed by atoms with Crippen molar-refractivity contribution in [1.82, 2.24) is 5.32 Å². The first-order chi connectivity index (χ1) is 10.2. The molecule has 1 unspecified atom stereocenters. The lowest BCUT2D eigenvalue weighted by molar-refractivity contribution is -0.0248. The average molecular weight is 484 g/mol. The Kier molecular flexibility index (Phi) is 7.61. The number of ether oxygens (including phenoxy) is 2. The van der Waals surface area contributed by atoms with Gasteiger partial charge in [0.05, 0.1) is 18.8 Å². The van der Waals surface area contributed by atoms with E-state index < -0.39 is 17.3 Å². The van der Waals surface area contributed by atoms with E-state index in [4.69, 9.17) is 9.47 Å². The molecule has 1 atom stereocenters. The lowest BCUT2D eigenvalue weighted by Gasteiger charge is -2.29. The normalized spacial score (nSPS) is 14.3. The zero-order valence-electron chi connectivity index (χ0n) is 13.4. The maximum atomic E-state index is 11.8. The van der Waals surface area contributed by atoms with Gasteiger partial charge in [-0.3, -0.25) is 0 Å². The van der Waals surface area contributed by atoms with Crippen LogP contribution in [0.3, 0.4) is 0 Å². The summed E-state index contributed by atoms with van der Waals surface area (Å²) in [5, 5.41) is 2.78. The highest BCUT2D eigenvalue weighted by Gasteiger charge is 2.26. The Balaban J connectivity index is 2.54. The Labute approximate surface area is 154 Å². The Morgan fingerprint density at radius 3 is 2.45 bits per heavy atom. The SMILES string of the molecule is CC(C)(C)OC(=O)NCC(C)(CI)OCc1ccccc1Br. The van der Waals surface area contributed by atoms with Crippen LogP contribution in [0.5, 0.6) is 0 Å². The fraction of sp³-hybridized carbons (Fsp3) is 0.562. The number of nitrogens with one attached hydrogen (secondary N) is 1. The summed E-state index contributed by atoms with van der Waals surface area (Å²) >= 11 is 5.77. The molecule has 124 valence electrons. The van der Waals surface area contributed by atoms with E-state index in [2.05, 4.69) is 43.8 Å². The molecular formula is C16H23BrINO3. The van der Waals surface area contributed by atoms with Crippen LogP contribution >= 0.6 is 38.5 Å². The largest absolute Gasteiger partial charge is 0.444 e. The van der Waals surface area contributed by atoms with Crippen molar-refractivity contribution in [3.8, 4) is 0 Å². The van der Waals surface area contributed by atoms with E-state index in [0.29, 0.717) is 13.2 Å². The summed E-state index contributed by atoms with van der Waals surface area (Å²) in [4.78, 5) is 11.8. The molecule has 0 aromatic heterocycles. The zero-order valence-corrected chi connectivity index (χ0v) is 17.2. The first-order valence-corrected chi connectivity index (χ1v) is 9.37. The van der Waals surface area contributed by atoms with Crippen LogP contribution in [-0.2, 0) is 16.1 Å². The molecule has 1 aromatic carbocycles. The van der Waals surface area contributed by atoms with Crippen molar-refractivity contribution in [2.45, 2.75) is 45.5 Å². The lowest BCUT2D eigenvalue weighted by atomic mass is 10.1. The van der Waals surface area contributed by atoms with Gasteiger partial charge in [0.25, 0.3) is 0 Å². The molecule has 4 nitrogen and oxygen atoms in total. The first kappa shape index (κ1) is 19.7. The minimum atomic E-state index is -0.499. The third kappa shape index (κ3) is 7.28. The minimum Gasteiger partial charge on any atom is -0.444 e. The highest BCUT2D eigenvalue weighted by atomic mass is 127. The van der Waals surface area contributed by atoms with E-state index >= 15 is 0 Å². The van der Waals surface area contributed by atoms with E-state index in [9.17, 15) is 4.79 Å². The van der Waals surface area contributed by atoms with Crippen molar-refractivity contribution in [3.63, 3.8) is 0 Å². The molecule has 0 fully saturated rings. The van der Waals surface area contributed by atoms with E-state index in [0.717, 1.165) is 14.5 Å². The highest BCUT2D eigenvalue weighted by molar-refractivity contribution is 14.1. The molecule has 6 heteroatoms. The Bertz CT molecular complexity index is 504. The first-order valence-electron chi connectivity index (χ1n) is 7.05. The molecule has 0 aliphatic carbocycles. The number of hydrogen-bond donors (Lipinski definition) is 1. The number of alkyl carbamates (subject to hydrolysis) is 1. The molecule has 0 spiro atoms. The van der Waals surface area contributed by atoms with E-state index in [1.165, 1.54) is 0 Å². The van der Waals surface area contributed by atoms with Gasteiger partial charge in [0.2, 0.25) is 0 Å². The van der Waals surface area contributed by atoms with Gasteiger partial charge in [0, 0.05) is 8.90 Å². The van der Waals surface area contributed by atoms with Crippen LogP contribution in [0, 0.1) is 0 Å². The maximum Gasteiger partial charge on any atom is 0.407 e. The standard InChI is InChI=1S/C16H23BrINO3/c1-15(2,3)22-14(20)19-11-16(4,10-18)21-9-12-7-5-6-8-13(12)17/h5-8H,9-11H2,1-4H3,(H,19,20). The van der Waals surface area contributed by atoms with E-state index in [1.54, 1.807) is 0 Å². The van der Waals surface area contributed by atoms with Gasteiger partial charge in [0.15, 0.2) is 0 Å². The number of benzene rings is 1. The van der Waals surface area contributed by atoms with Gasteiger partial charge in [0.1, 0.15) is 5.60 Å². The monoisotopic (exact) mass is 483 g/mol. The molecule has 0 heterocycles. The zero-order chi connectivity index (χ0) is 16.8. The predicted octanol–water partition coefficient (Wildman–Crippen LogP) is 4.68. The smallest absolute Gasteiger partial charge is 0.407 e. The Morgan fingerprint density at radius 2 is 1.91 bits per heavy atom. The summed E-state index contributed by atoms with van der Waals surface area (Å²) in [5.74, 6) is 0. The molecule has 0 bridgehead atoms. The van der Waals surface area contributed by atoms with Gasteiger partial charge in [-0.05, 0) is 39.3 Å². The lowest BCUT2D eigenvalue weighted by Crippen LogP contribution is -2.45. The summed E-state index contributed by atoms with van der Waals surface area (Å²) in [6.45, 7) is 8.38. The fourth-order valence-corrected chi connectivity index (χ4v) is 2.47. The fourth-order valence-electron chi connectivity index (χ4n) is 1.58. The van der Waals surface area contributed by atoms with Crippen LogP contribution in [0.2, 0.25) is 0 Å². The van der Waals surface area contributed by atoms with E-state index in [-0.39, 0.29) is 0 Å². The number of rotatable bonds is 6. The van der Waals surface area contributed by atoms with Gasteiger partial charge in [-0.15, -0.1) is 0 Å². The molecule has 0 radical (unpaired) electrons. The van der Waals surface area contributed by atoms with Crippen molar-refractivity contribution in [2.24, 2.45) is 0 Å². The maximum absolute atomic E-state index is 11.8. The minimum absolute atomic E-state index is 0.398. The number of halogens is 2. The summed E-state index contributed by atoms with van der Waals surface area (Å²) in [6.07, 6.45) is -0.423. The van der Waals surface area contributed by atoms with Crippen molar-refractivity contribution in [2.75, 3.05) is 11.0 Å². The van der Waals surface area contributed by atoms with Crippen LogP contribution < -0.4 is 5.32 Å². The van der Waals surface area contributed by atoms with Crippen LogP contribution in [0.25, 0.3) is 0 Å². The molecule has 1 amide bonds. The second-order valence-corrected chi connectivity index (χ2v) is 7.94.